The monoisotopic (exact) mass is 236 g/mol. The molecule has 1 aromatic rings. The van der Waals surface area contributed by atoms with Gasteiger partial charge in [-0.15, -0.1) is 0 Å². The standard InChI is InChI=1S/C9H5F5N2/c1-4-2-5(3-15)6(9(12,13)14)7(16-4)8(10)11/h2,8H,1H3. The Labute approximate surface area is 87.3 Å². The summed E-state index contributed by atoms with van der Waals surface area (Å²) in [6, 6.07) is 2.07. The first kappa shape index (κ1) is 12.4. The summed E-state index contributed by atoms with van der Waals surface area (Å²) in [5, 5.41) is 8.49. The van der Waals surface area contributed by atoms with E-state index in [4.69, 9.17) is 5.26 Å². The van der Waals surface area contributed by atoms with Crippen molar-refractivity contribution in [3.63, 3.8) is 0 Å². The molecule has 0 saturated heterocycles. The van der Waals surface area contributed by atoms with Crippen LogP contribution in [0.2, 0.25) is 0 Å². The van der Waals surface area contributed by atoms with E-state index in [2.05, 4.69) is 4.98 Å². The van der Waals surface area contributed by atoms with E-state index < -0.39 is 29.4 Å². The van der Waals surface area contributed by atoms with Gasteiger partial charge in [-0.25, -0.2) is 8.78 Å². The molecule has 2 nitrogen and oxygen atoms in total. The van der Waals surface area contributed by atoms with Gasteiger partial charge in [0.1, 0.15) is 11.3 Å². The van der Waals surface area contributed by atoms with Crippen LogP contribution in [0.3, 0.4) is 0 Å². The lowest BCUT2D eigenvalue weighted by Gasteiger charge is -2.13. The highest BCUT2D eigenvalue weighted by molar-refractivity contribution is 5.43. The van der Waals surface area contributed by atoms with Crippen LogP contribution in [0, 0.1) is 18.3 Å². The van der Waals surface area contributed by atoms with Gasteiger partial charge in [0.05, 0.1) is 11.6 Å². The Morgan fingerprint density at radius 3 is 2.31 bits per heavy atom. The van der Waals surface area contributed by atoms with Gasteiger partial charge >= 0.3 is 6.18 Å². The first-order chi connectivity index (χ1) is 7.27. The highest BCUT2D eigenvalue weighted by Crippen LogP contribution is 2.37. The van der Waals surface area contributed by atoms with E-state index in [-0.39, 0.29) is 5.69 Å². The molecule has 0 aliphatic heterocycles. The van der Waals surface area contributed by atoms with Crippen molar-refractivity contribution in [1.82, 2.24) is 4.98 Å². The fraction of sp³-hybridized carbons (Fsp3) is 0.333. The third-order valence-corrected chi connectivity index (χ3v) is 1.79. The van der Waals surface area contributed by atoms with Gasteiger partial charge in [-0.3, -0.25) is 4.98 Å². The molecule has 0 N–H and O–H groups in total. The van der Waals surface area contributed by atoms with Crippen LogP contribution in [0.15, 0.2) is 6.07 Å². The van der Waals surface area contributed by atoms with Crippen LogP contribution in [-0.2, 0) is 6.18 Å². The van der Waals surface area contributed by atoms with Crippen molar-refractivity contribution in [3.05, 3.63) is 28.6 Å². The predicted octanol–water partition coefficient (Wildman–Crippen LogP) is 3.22. The zero-order chi connectivity index (χ0) is 12.5. The number of rotatable bonds is 1. The van der Waals surface area contributed by atoms with E-state index in [0.717, 1.165) is 6.07 Å². The molecule has 0 bridgehead atoms. The lowest BCUT2D eigenvalue weighted by molar-refractivity contribution is -0.140. The number of aryl methyl sites for hydroxylation is 1. The van der Waals surface area contributed by atoms with Gasteiger partial charge in [0.2, 0.25) is 0 Å². The topological polar surface area (TPSA) is 36.7 Å². The van der Waals surface area contributed by atoms with E-state index >= 15 is 0 Å². The quantitative estimate of drug-likeness (QED) is 0.702. The molecule has 86 valence electrons. The Bertz CT molecular complexity index is 444. The van der Waals surface area contributed by atoms with E-state index in [1.165, 1.54) is 13.0 Å². The molecule has 1 aromatic heterocycles. The molecule has 0 aliphatic rings. The van der Waals surface area contributed by atoms with Gasteiger partial charge in [0, 0.05) is 5.69 Å². The number of alkyl halides is 5. The van der Waals surface area contributed by atoms with Crippen LogP contribution in [0.1, 0.15) is 28.9 Å². The number of halogens is 5. The predicted molar refractivity (Wildman–Crippen MR) is 43.6 cm³/mol. The molecule has 1 rings (SSSR count). The zero-order valence-corrected chi connectivity index (χ0v) is 7.94. The van der Waals surface area contributed by atoms with E-state index in [1.807, 2.05) is 0 Å². The minimum Gasteiger partial charge on any atom is -0.251 e. The number of nitrogens with zero attached hydrogens (tertiary/aromatic N) is 2. The Morgan fingerprint density at radius 1 is 1.38 bits per heavy atom. The van der Waals surface area contributed by atoms with Crippen LogP contribution in [0.25, 0.3) is 0 Å². The van der Waals surface area contributed by atoms with E-state index in [1.54, 1.807) is 0 Å². The molecule has 0 radical (unpaired) electrons. The van der Waals surface area contributed by atoms with Crippen molar-refractivity contribution in [2.24, 2.45) is 0 Å². The molecule has 0 atom stereocenters. The molecule has 16 heavy (non-hydrogen) atoms. The third kappa shape index (κ3) is 2.27. The van der Waals surface area contributed by atoms with Gasteiger partial charge in [0.15, 0.2) is 0 Å². The summed E-state index contributed by atoms with van der Waals surface area (Å²) in [4.78, 5) is 3.13. The second kappa shape index (κ2) is 4.04. The normalized spacial score (nSPS) is 11.6. The van der Waals surface area contributed by atoms with Crippen molar-refractivity contribution in [1.29, 1.82) is 5.26 Å². The first-order valence-electron chi connectivity index (χ1n) is 4.04. The van der Waals surface area contributed by atoms with Gasteiger partial charge < -0.3 is 0 Å². The van der Waals surface area contributed by atoms with Crippen LogP contribution in [0.4, 0.5) is 22.0 Å². The molecule has 0 unspecified atom stereocenters. The van der Waals surface area contributed by atoms with Crippen molar-refractivity contribution >= 4 is 0 Å². The summed E-state index contributed by atoms with van der Waals surface area (Å²) < 4.78 is 62.2. The number of aromatic nitrogens is 1. The maximum absolute atomic E-state index is 12.5. The second-order valence-corrected chi connectivity index (χ2v) is 2.98. The number of hydrogen-bond donors (Lipinski definition) is 0. The maximum atomic E-state index is 12.5. The minimum atomic E-state index is -5.02. The summed E-state index contributed by atoms with van der Waals surface area (Å²) in [6.07, 6.45) is -8.39. The average molecular weight is 236 g/mol. The second-order valence-electron chi connectivity index (χ2n) is 2.98. The number of hydrogen-bond acceptors (Lipinski definition) is 2. The van der Waals surface area contributed by atoms with E-state index in [9.17, 15) is 22.0 Å². The molecular formula is C9H5F5N2. The van der Waals surface area contributed by atoms with Crippen LogP contribution >= 0.6 is 0 Å². The van der Waals surface area contributed by atoms with Gasteiger partial charge in [0.25, 0.3) is 6.43 Å². The SMILES string of the molecule is Cc1cc(C#N)c(C(F)(F)F)c(C(F)F)n1. The Hall–Kier alpha value is -1.71. The Balaban J connectivity index is 3.60. The fourth-order valence-corrected chi connectivity index (χ4v) is 1.24. The molecule has 0 aliphatic carbocycles. The van der Waals surface area contributed by atoms with Crippen molar-refractivity contribution in [2.45, 2.75) is 19.5 Å². The highest BCUT2D eigenvalue weighted by atomic mass is 19.4. The van der Waals surface area contributed by atoms with Gasteiger partial charge in [-0.05, 0) is 13.0 Å². The summed E-state index contributed by atoms with van der Waals surface area (Å²) in [5.41, 5.74) is -3.95. The van der Waals surface area contributed by atoms with E-state index in [0.29, 0.717) is 0 Å². The zero-order valence-electron chi connectivity index (χ0n) is 7.94. The summed E-state index contributed by atoms with van der Waals surface area (Å²) in [7, 11) is 0. The number of pyridine rings is 1. The molecule has 0 spiro atoms. The van der Waals surface area contributed by atoms with Crippen LogP contribution < -0.4 is 0 Å². The molecule has 7 heteroatoms. The maximum Gasteiger partial charge on any atom is 0.419 e. The minimum absolute atomic E-state index is 0.0557. The molecule has 0 aromatic carbocycles. The number of nitriles is 1. The molecule has 0 amide bonds. The van der Waals surface area contributed by atoms with Gasteiger partial charge in [-0.1, -0.05) is 0 Å². The summed E-state index contributed by atoms with van der Waals surface area (Å²) >= 11 is 0. The molecular weight excluding hydrogens is 231 g/mol. The lowest BCUT2D eigenvalue weighted by Crippen LogP contribution is -2.14. The molecule has 0 saturated carbocycles. The molecule has 1 heterocycles. The summed E-state index contributed by atoms with van der Waals surface area (Å²) in [5.74, 6) is 0. The van der Waals surface area contributed by atoms with Crippen LogP contribution in [0.5, 0.6) is 0 Å². The van der Waals surface area contributed by atoms with Crippen LogP contribution in [-0.4, -0.2) is 4.98 Å². The smallest absolute Gasteiger partial charge is 0.251 e. The first-order valence-corrected chi connectivity index (χ1v) is 4.04. The Kier molecular flexibility index (Phi) is 3.12. The third-order valence-electron chi connectivity index (χ3n) is 1.79. The summed E-state index contributed by atoms with van der Waals surface area (Å²) in [6.45, 7) is 1.24. The van der Waals surface area contributed by atoms with Crippen molar-refractivity contribution in [2.75, 3.05) is 0 Å². The Morgan fingerprint density at radius 2 is 1.94 bits per heavy atom. The highest BCUT2D eigenvalue weighted by Gasteiger charge is 2.39. The fourth-order valence-electron chi connectivity index (χ4n) is 1.24. The molecule has 0 fully saturated rings. The van der Waals surface area contributed by atoms with Crippen molar-refractivity contribution < 1.29 is 22.0 Å². The largest absolute Gasteiger partial charge is 0.419 e. The average Bonchev–Trinajstić information content (AvgIpc) is 2.14. The lowest BCUT2D eigenvalue weighted by atomic mass is 10.1. The van der Waals surface area contributed by atoms with Gasteiger partial charge in [-0.2, -0.15) is 18.4 Å². The van der Waals surface area contributed by atoms with Crippen molar-refractivity contribution in [3.8, 4) is 6.07 Å².